The topological polar surface area (TPSA) is 108 Å². The van der Waals surface area contributed by atoms with Gasteiger partial charge in [-0.1, -0.05) is 0 Å². The Balaban J connectivity index is 3.45. The molecule has 0 saturated heterocycles. The maximum absolute atomic E-state index is 11.4. The first kappa shape index (κ1) is 11.4. The molecule has 7 heteroatoms. The number of nitrogens with zero attached hydrogens (tertiary/aromatic N) is 1. The van der Waals surface area contributed by atoms with E-state index in [1.54, 1.807) is 13.8 Å². The van der Waals surface area contributed by atoms with Crippen molar-refractivity contribution in [2.75, 3.05) is 6.61 Å². The molecule has 0 fully saturated rings. The maximum atomic E-state index is 11.4. The van der Waals surface area contributed by atoms with Crippen molar-refractivity contribution < 1.29 is 5.11 Å². The Kier molecular flexibility index (Phi) is 2.94. The summed E-state index contributed by atoms with van der Waals surface area (Å²) in [4.78, 5) is 37.5. The Hall–Kier alpha value is -1.63. The molecule has 3 N–H and O–H groups in total. The smallest absolute Gasteiger partial charge is 0.334 e. The van der Waals surface area contributed by atoms with Crippen LogP contribution in [0.4, 0.5) is 0 Å². The summed E-state index contributed by atoms with van der Waals surface area (Å²) in [7, 11) is 0. The van der Waals surface area contributed by atoms with Crippen LogP contribution in [-0.2, 0) is 5.54 Å². The number of rotatable bonds is 3. The molecular weight excluding hydrogens is 202 g/mol. The first-order valence-corrected chi connectivity index (χ1v) is 4.45. The maximum Gasteiger partial charge on any atom is 0.334 e. The number of hydrogen-bond donors (Lipinski definition) is 3. The van der Waals surface area contributed by atoms with E-state index in [1.807, 2.05) is 9.97 Å². The Morgan fingerprint density at radius 2 is 1.67 bits per heavy atom. The van der Waals surface area contributed by atoms with Crippen molar-refractivity contribution in [3.8, 4) is 0 Å². The predicted molar refractivity (Wildman–Crippen MR) is 53.0 cm³/mol. The summed E-state index contributed by atoms with van der Waals surface area (Å²) in [6.45, 7) is 3.09. The molecule has 1 heterocycles. The number of hydrogen-bond acceptors (Lipinski definition) is 4. The van der Waals surface area contributed by atoms with E-state index in [0.29, 0.717) is 0 Å². The van der Waals surface area contributed by atoms with Gasteiger partial charge in [0.1, 0.15) is 0 Å². The van der Waals surface area contributed by atoms with Crippen molar-refractivity contribution in [3.05, 3.63) is 31.5 Å². The predicted octanol–water partition coefficient (Wildman–Crippen LogP) is -1.66. The highest BCUT2D eigenvalue weighted by molar-refractivity contribution is 4.82. The van der Waals surface area contributed by atoms with Gasteiger partial charge < -0.3 is 5.11 Å². The zero-order chi connectivity index (χ0) is 11.6. The Morgan fingerprint density at radius 1 is 1.20 bits per heavy atom. The van der Waals surface area contributed by atoms with Gasteiger partial charge in [0, 0.05) is 6.61 Å². The van der Waals surface area contributed by atoms with E-state index in [9.17, 15) is 14.4 Å². The number of nitrogens with one attached hydrogen (secondary N) is 2. The van der Waals surface area contributed by atoms with Crippen LogP contribution < -0.4 is 17.1 Å². The zero-order valence-corrected chi connectivity index (χ0v) is 8.53. The van der Waals surface area contributed by atoms with E-state index in [2.05, 4.69) is 0 Å². The van der Waals surface area contributed by atoms with Crippen LogP contribution in [0.5, 0.6) is 0 Å². The highest BCUT2D eigenvalue weighted by Crippen LogP contribution is 2.13. The van der Waals surface area contributed by atoms with Crippen molar-refractivity contribution in [2.24, 2.45) is 0 Å². The molecule has 7 nitrogen and oxygen atoms in total. The van der Waals surface area contributed by atoms with Gasteiger partial charge >= 0.3 is 17.1 Å². The fraction of sp³-hybridized carbons (Fsp3) is 0.625. The van der Waals surface area contributed by atoms with Crippen LogP contribution in [0.15, 0.2) is 14.4 Å². The fourth-order valence-electron chi connectivity index (χ4n) is 1.36. The standard InChI is InChI=1S/C8H13N3O4/c1-8(2,3-4-12)11-6(14)9-5(13)10-7(11)15/h12H,3-4H2,1-2H3,(H2,9,10,13,14,15). The third kappa shape index (κ3) is 2.24. The van der Waals surface area contributed by atoms with Crippen LogP contribution >= 0.6 is 0 Å². The molecule has 0 amide bonds. The molecule has 1 aromatic heterocycles. The normalized spacial score (nSPS) is 11.7. The number of aliphatic hydroxyl groups is 1. The molecule has 0 saturated carbocycles. The summed E-state index contributed by atoms with van der Waals surface area (Å²) in [6.07, 6.45) is 0.238. The van der Waals surface area contributed by atoms with Crippen LogP contribution in [0.1, 0.15) is 20.3 Å². The zero-order valence-electron chi connectivity index (χ0n) is 8.53. The summed E-state index contributed by atoms with van der Waals surface area (Å²) in [5.41, 5.74) is -3.23. The lowest BCUT2D eigenvalue weighted by Gasteiger charge is -2.24. The van der Waals surface area contributed by atoms with E-state index in [4.69, 9.17) is 5.11 Å². The third-order valence-corrected chi connectivity index (χ3v) is 2.18. The number of aromatic amines is 2. The van der Waals surface area contributed by atoms with E-state index < -0.39 is 22.6 Å². The number of H-pyrrole nitrogens is 2. The molecule has 0 radical (unpaired) electrons. The first-order valence-electron chi connectivity index (χ1n) is 4.45. The molecular formula is C8H13N3O4. The summed E-state index contributed by atoms with van der Waals surface area (Å²) in [6, 6.07) is 0. The van der Waals surface area contributed by atoms with Gasteiger partial charge in [-0.25, -0.2) is 19.0 Å². The average molecular weight is 215 g/mol. The minimum Gasteiger partial charge on any atom is -0.396 e. The lowest BCUT2D eigenvalue weighted by molar-refractivity contribution is 0.203. The SMILES string of the molecule is CC(C)(CCO)n1c(=O)[nH]c(=O)[nH]c1=O. The van der Waals surface area contributed by atoms with Crippen LogP contribution in [0.3, 0.4) is 0 Å². The van der Waals surface area contributed by atoms with Crippen LogP contribution in [0.25, 0.3) is 0 Å². The second-order valence-electron chi connectivity index (χ2n) is 3.81. The number of aliphatic hydroxyl groups excluding tert-OH is 1. The average Bonchev–Trinajstić information content (AvgIpc) is 1.99. The van der Waals surface area contributed by atoms with Crippen LogP contribution in [0, 0.1) is 0 Å². The molecule has 0 spiro atoms. The Morgan fingerprint density at radius 3 is 2.07 bits per heavy atom. The first-order chi connectivity index (χ1) is 6.88. The third-order valence-electron chi connectivity index (χ3n) is 2.18. The highest BCUT2D eigenvalue weighted by atomic mass is 16.3. The molecule has 1 rings (SSSR count). The molecule has 0 aliphatic heterocycles. The monoisotopic (exact) mass is 215 g/mol. The molecule has 1 aromatic rings. The van der Waals surface area contributed by atoms with E-state index in [-0.39, 0.29) is 13.0 Å². The lowest BCUT2D eigenvalue weighted by Crippen LogP contribution is -2.51. The second-order valence-corrected chi connectivity index (χ2v) is 3.81. The van der Waals surface area contributed by atoms with Gasteiger partial charge in [-0.05, 0) is 20.3 Å². The Labute approximate surface area is 84.4 Å². The van der Waals surface area contributed by atoms with Crippen molar-refractivity contribution in [2.45, 2.75) is 25.8 Å². The van der Waals surface area contributed by atoms with Gasteiger partial charge in [0.2, 0.25) is 0 Å². The van der Waals surface area contributed by atoms with Gasteiger partial charge in [0.25, 0.3) is 0 Å². The molecule has 15 heavy (non-hydrogen) atoms. The quantitative estimate of drug-likeness (QED) is 0.561. The molecule has 0 unspecified atom stereocenters. The number of aromatic nitrogens is 3. The minimum absolute atomic E-state index is 0.155. The Bertz CT molecular complexity index is 473. The van der Waals surface area contributed by atoms with Crippen LogP contribution in [0.2, 0.25) is 0 Å². The van der Waals surface area contributed by atoms with E-state index in [0.717, 1.165) is 4.57 Å². The molecule has 84 valence electrons. The largest absolute Gasteiger partial charge is 0.396 e. The summed E-state index contributed by atoms with van der Waals surface area (Å²) in [5.74, 6) is 0. The fourth-order valence-corrected chi connectivity index (χ4v) is 1.36. The molecule has 0 aliphatic rings. The molecule has 0 bridgehead atoms. The van der Waals surface area contributed by atoms with Crippen molar-refractivity contribution in [1.82, 2.24) is 14.5 Å². The van der Waals surface area contributed by atoms with E-state index >= 15 is 0 Å². The van der Waals surface area contributed by atoms with Crippen molar-refractivity contribution >= 4 is 0 Å². The minimum atomic E-state index is -0.844. The van der Waals surface area contributed by atoms with Crippen LogP contribution in [-0.4, -0.2) is 26.2 Å². The van der Waals surface area contributed by atoms with Gasteiger partial charge in [-0.3, -0.25) is 9.97 Å². The molecule has 0 atom stereocenters. The van der Waals surface area contributed by atoms with Gasteiger partial charge in [0.15, 0.2) is 0 Å². The van der Waals surface area contributed by atoms with Gasteiger partial charge in [-0.15, -0.1) is 0 Å². The molecule has 0 aromatic carbocycles. The molecule has 0 aliphatic carbocycles. The van der Waals surface area contributed by atoms with E-state index in [1.165, 1.54) is 0 Å². The summed E-state index contributed by atoms with van der Waals surface area (Å²) in [5, 5.41) is 8.80. The highest BCUT2D eigenvalue weighted by Gasteiger charge is 2.23. The lowest BCUT2D eigenvalue weighted by atomic mass is 10.0. The summed E-state index contributed by atoms with van der Waals surface area (Å²) < 4.78 is 0.880. The van der Waals surface area contributed by atoms with Gasteiger partial charge in [0.05, 0.1) is 5.54 Å². The summed E-state index contributed by atoms with van der Waals surface area (Å²) >= 11 is 0. The van der Waals surface area contributed by atoms with Crippen molar-refractivity contribution in [3.63, 3.8) is 0 Å². The van der Waals surface area contributed by atoms with Gasteiger partial charge in [-0.2, -0.15) is 0 Å². The van der Waals surface area contributed by atoms with Crippen molar-refractivity contribution in [1.29, 1.82) is 0 Å². The second kappa shape index (κ2) is 3.85.